The number of rotatable bonds is 3. The first kappa shape index (κ1) is 11.5. The molecule has 0 saturated heterocycles. The number of methoxy groups -OCH3 is 1. The summed E-state index contributed by atoms with van der Waals surface area (Å²) in [6, 6.07) is 15.2. The lowest BCUT2D eigenvalue weighted by Gasteiger charge is -2.13. The molecule has 0 aliphatic carbocycles. The third kappa shape index (κ3) is 2.57. The van der Waals surface area contributed by atoms with Crippen LogP contribution in [0, 0.1) is 0 Å². The van der Waals surface area contributed by atoms with Crippen LogP contribution in [0.15, 0.2) is 48.5 Å². The fourth-order valence-electron chi connectivity index (χ4n) is 1.73. The van der Waals surface area contributed by atoms with Gasteiger partial charge in [0.1, 0.15) is 5.75 Å². The Balaban J connectivity index is 2.29. The van der Waals surface area contributed by atoms with Gasteiger partial charge in [0.25, 0.3) is 0 Å². The maximum absolute atomic E-state index is 6.19. The highest BCUT2D eigenvalue weighted by molar-refractivity contribution is 5.43. The molecule has 4 N–H and O–H groups in total. The van der Waals surface area contributed by atoms with Crippen LogP contribution in [-0.2, 0) is 0 Å². The van der Waals surface area contributed by atoms with Gasteiger partial charge in [0.15, 0.2) is 0 Å². The van der Waals surface area contributed by atoms with Gasteiger partial charge in [-0.3, -0.25) is 0 Å². The van der Waals surface area contributed by atoms with Gasteiger partial charge in [-0.25, -0.2) is 0 Å². The second-order valence-electron chi connectivity index (χ2n) is 3.92. The second kappa shape index (κ2) is 4.89. The normalized spacial score (nSPS) is 12.1. The zero-order valence-electron chi connectivity index (χ0n) is 9.76. The lowest BCUT2D eigenvalue weighted by molar-refractivity contribution is 0.414. The fraction of sp³-hybridized carbons (Fsp3) is 0.143. The second-order valence-corrected chi connectivity index (χ2v) is 3.92. The molecule has 0 heterocycles. The molecule has 0 radical (unpaired) electrons. The summed E-state index contributed by atoms with van der Waals surface area (Å²) in [5.74, 6) is 0.813. The largest absolute Gasteiger partial charge is 0.497 e. The predicted octanol–water partition coefficient (Wildman–Crippen LogP) is 2.33. The molecule has 0 aromatic heterocycles. The first-order chi connectivity index (χ1) is 8.20. The van der Waals surface area contributed by atoms with E-state index < -0.39 is 0 Å². The van der Waals surface area contributed by atoms with Gasteiger partial charge in [-0.15, -0.1) is 0 Å². The summed E-state index contributed by atoms with van der Waals surface area (Å²) in [6.45, 7) is 0. The van der Waals surface area contributed by atoms with Crippen molar-refractivity contribution in [2.75, 3.05) is 12.8 Å². The number of hydrogen-bond donors (Lipinski definition) is 2. The average Bonchev–Trinajstić information content (AvgIpc) is 2.39. The molecule has 88 valence electrons. The number of anilines is 1. The fourth-order valence-corrected chi connectivity index (χ4v) is 1.73. The molecular formula is C14H16N2O. The molecule has 0 bridgehead atoms. The van der Waals surface area contributed by atoms with Gasteiger partial charge in [0.05, 0.1) is 13.2 Å². The topological polar surface area (TPSA) is 61.3 Å². The summed E-state index contributed by atoms with van der Waals surface area (Å²) in [4.78, 5) is 0. The summed E-state index contributed by atoms with van der Waals surface area (Å²) >= 11 is 0. The zero-order valence-corrected chi connectivity index (χ0v) is 9.76. The highest BCUT2D eigenvalue weighted by Gasteiger charge is 2.09. The average molecular weight is 228 g/mol. The van der Waals surface area contributed by atoms with Crippen LogP contribution in [0.5, 0.6) is 5.75 Å². The Hall–Kier alpha value is -2.00. The number of hydrogen-bond acceptors (Lipinski definition) is 3. The van der Waals surface area contributed by atoms with Crippen LogP contribution in [0.1, 0.15) is 17.2 Å². The van der Waals surface area contributed by atoms with Crippen molar-refractivity contribution in [3.63, 3.8) is 0 Å². The van der Waals surface area contributed by atoms with Crippen molar-refractivity contribution >= 4 is 5.69 Å². The number of nitrogens with two attached hydrogens (primary N) is 2. The Labute approximate surface area is 101 Å². The molecule has 0 amide bonds. The van der Waals surface area contributed by atoms with Gasteiger partial charge in [-0.1, -0.05) is 24.3 Å². The van der Waals surface area contributed by atoms with E-state index in [4.69, 9.17) is 16.2 Å². The maximum atomic E-state index is 6.19. The minimum atomic E-state index is -0.161. The quantitative estimate of drug-likeness (QED) is 0.792. The van der Waals surface area contributed by atoms with E-state index in [-0.39, 0.29) is 6.04 Å². The van der Waals surface area contributed by atoms with Crippen LogP contribution in [0.3, 0.4) is 0 Å². The molecule has 17 heavy (non-hydrogen) atoms. The van der Waals surface area contributed by atoms with Crippen LogP contribution in [0.25, 0.3) is 0 Å². The van der Waals surface area contributed by atoms with Crippen molar-refractivity contribution in [1.29, 1.82) is 0 Å². The molecular weight excluding hydrogens is 212 g/mol. The Morgan fingerprint density at radius 3 is 2.35 bits per heavy atom. The van der Waals surface area contributed by atoms with Gasteiger partial charge >= 0.3 is 0 Å². The molecule has 0 saturated carbocycles. The molecule has 0 fully saturated rings. The molecule has 2 aromatic carbocycles. The van der Waals surface area contributed by atoms with Gasteiger partial charge in [0.2, 0.25) is 0 Å². The first-order valence-electron chi connectivity index (χ1n) is 5.45. The first-order valence-corrected chi connectivity index (χ1v) is 5.45. The van der Waals surface area contributed by atoms with E-state index in [1.54, 1.807) is 7.11 Å². The van der Waals surface area contributed by atoms with Crippen molar-refractivity contribution in [2.45, 2.75) is 6.04 Å². The lowest BCUT2D eigenvalue weighted by atomic mass is 9.99. The van der Waals surface area contributed by atoms with Crippen molar-refractivity contribution < 1.29 is 4.74 Å². The number of benzene rings is 2. The Kier molecular flexibility index (Phi) is 3.30. The highest BCUT2D eigenvalue weighted by atomic mass is 16.5. The predicted molar refractivity (Wildman–Crippen MR) is 69.9 cm³/mol. The molecule has 0 aliphatic heterocycles. The van der Waals surface area contributed by atoms with Crippen LogP contribution in [-0.4, -0.2) is 7.11 Å². The van der Waals surface area contributed by atoms with Crippen LogP contribution in [0.2, 0.25) is 0 Å². The molecule has 1 unspecified atom stereocenters. The molecule has 2 aromatic rings. The number of nitrogen functional groups attached to an aromatic ring is 1. The Morgan fingerprint density at radius 1 is 1.00 bits per heavy atom. The minimum absolute atomic E-state index is 0.161. The minimum Gasteiger partial charge on any atom is -0.497 e. The van der Waals surface area contributed by atoms with Gasteiger partial charge in [-0.05, 0) is 35.4 Å². The van der Waals surface area contributed by atoms with Crippen molar-refractivity contribution in [3.05, 3.63) is 59.7 Å². The SMILES string of the molecule is COc1cccc(C(N)c2ccc(N)cc2)c1. The summed E-state index contributed by atoms with van der Waals surface area (Å²) in [5, 5.41) is 0. The van der Waals surface area contributed by atoms with E-state index in [1.807, 2.05) is 48.5 Å². The standard InChI is InChI=1S/C14H16N2O/c1-17-13-4-2-3-11(9-13)14(16)10-5-7-12(15)8-6-10/h2-9,14H,15-16H2,1H3. The summed E-state index contributed by atoms with van der Waals surface area (Å²) < 4.78 is 5.18. The van der Waals surface area contributed by atoms with E-state index in [0.29, 0.717) is 0 Å². The van der Waals surface area contributed by atoms with E-state index in [0.717, 1.165) is 22.6 Å². The smallest absolute Gasteiger partial charge is 0.119 e. The molecule has 3 heteroatoms. The number of ether oxygens (including phenoxy) is 1. The van der Waals surface area contributed by atoms with Crippen LogP contribution < -0.4 is 16.2 Å². The Bertz CT molecular complexity index is 494. The third-order valence-corrected chi connectivity index (χ3v) is 2.75. The van der Waals surface area contributed by atoms with Gasteiger partial charge in [0, 0.05) is 5.69 Å². The summed E-state index contributed by atoms with van der Waals surface area (Å²) in [5.41, 5.74) is 14.6. The van der Waals surface area contributed by atoms with Crippen molar-refractivity contribution in [1.82, 2.24) is 0 Å². The molecule has 3 nitrogen and oxygen atoms in total. The monoisotopic (exact) mass is 228 g/mol. The van der Waals surface area contributed by atoms with Gasteiger partial charge in [-0.2, -0.15) is 0 Å². The molecule has 1 atom stereocenters. The molecule has 0 aliphatic rings. The van der Waals surface area contributed by atoms with Crippen molar-refractivity contribution in [3.8, 4) is 5.75 Å². The van der Waals surface area contributed by atoms with Crippen LogP contribution in [0.4, 0.5) is 5.69 Å². The van der Waals surface area contributed by atoms with E-state index in [2.05, 4.69) is 0 Å². The third-order valence-electron chi connectivity index (χ3n) is 2.75. The van der Waals surface area contributed by atoms with E-state index in [1.165, 1.54) is 0 Å². The van der Waals surface area contributed by atoms with Gasteiger partial charge < -0.3 is 16.2 Å². The highest BCUT2D eigenvalue weighted by Crippen LogP contribution is 2.23. The Morgan fingerprint density at radius 2 is 1.71 bits per heavy atom. The molecule has 2 rings (SSSR count). The zero-order chi connectivity index (χ0) is 12.3. The van der Waals surface area contributed by atoms with E-state index in [9.17, 15) is 0 Å². The molecule has 0 spiro atoms. The summed E-state index contributed by atoms with van der Waals surface area (Å²) in [6.07, 6.45) is 0. The summed E-state index contributed by atoms with van der Waals surface area (Å²) in [7, 11) is 1.65. The van der Waals surface area contributed by atoms with E-state index >= 15 is 0 Å². The van der Waals surface area contributed by atoms with Crippen LogP contribution >= 0.6 is 0 Å². The van der Waals surface area contributed by atoms with Crippen molar-refractivity contribution in [2.24, 2.45) is 5.73 Å². The lowest BCUT2D eigenvalue weighted by Crippen LogP contribution is -2.11. The maximum Gasteiger partial charge on any atom is 0.119 e.